The Morgan fingerprint density at radius 2 is 1.69 bits per heavy atom. The van der Waals surface area contributed by atoms with Crippen LogP contribution in [-0.2, 0) is 5.60 Å². The number of hydrogen-bond acceptors (Lipinski definition) is 2. The molecule has 0 radical (unpaired) electrons. The zero-order valence-electron chi connectivity index (χ0n) is 9.12. The van der Waals surface area contributed by atoms with Gasteiger partial charge < -0.3 is 10.4 Å². The van der Waals surface area contributed by atoms with Crippen molar-refractivity contribution in [2.24, 2.45) is 0 Å². The van der Waals surface area contributed by atoms with Crippen LogP contribution in [0.2, 0.25) is 0 Å². The van der Waals surface area contributed by atoms with E-state index < -0.39 is 5.60 Å². The number of hydrogen-bond donors (Lipinski definition) is 2. The predicted molar refractivity (Wildman–Crippen MR) is 67.2 cm³/mol. The van der Waals surface area contributed by atoms with Crippen LogP contribution in [0, 0.1) is 0 Å². The first-order valence-electron chi connectivity index (χ1n) is 5.90. The monoisotopic (exact) mass is 281 g/mol. The van der Waals surface area contributed by atoms with Crippen LogP contribution >= 0.6 is 15.9 Å². The zero-order valence-corrected chi connectivity index (χ0v) is 10.7. The third kappa shape index (κ3) is 1.81. The van der Waals surface area contributed by atoms with Crippen LogP contribution in [0.1, 0.15) is 31.2 Å². The molecule has 0 aliphatic carbocycles. The highest BCUT2D eigenvalue weighted by molar-refractivity contribution is 9.10. The predicted octanol–water partition coefficient (Wildman–Crippen LogP) is 2.55. The van der Waals surface area contributed by atoms with Gasteiger partial charge in [0.2, 0.25) is 0 Å². The molecule has 2 bridgehead atoms. The molecule has 16 heavy (non-hydrogen) atoms. The zero-order chi connectivity index (χ0) is 11.2. The second kappa shape index (κ2) is 3.83. The minimum absolute atomic E-state index is 0.507. The van der Waals surface area contributed by atoms with Crippen molar-refractivity contribution in [3.8, 4) is 0 Å². The Morgan fingerprint density at radius 1 is 1.12 bits per heavy atom. The second-order valence-corrected chi connectivity index (χ2v) is 6.00. The lowest BCUT2D eigenvalue weighted by atomic mass is 9.81. The van der Waals surface area contributed by atoms with E-state index in [1.165, 1.54) is 12.8 Å². The Morgan fingerprint density at radius 3 is 2.25 bits per heavy atom. The first-order chi connectivity index (χ1) is 7.66. The molecule has 0 spiro atoms. The number of nitrogens with one attached hydrogen (secondary N) is 1. The molecule has 1 aromatic carbocycles. The normalized spacial score (nSPS) is 37.6. The number of piperidine rings is 1. The van der Waals surface area contributed by atoms with Crippen LogP contribution in [0.3, 0.4) is 0 Å². The van der Waals surface area contributed by atoms with Crippen molar-refractivity contribution in [2.45, 2.75) is 43.4 Å². The molecule has 1 unspecified atom stereocenters. The SMILES string of the molecule is OC1(c2ccc(Br)cc2)C[C@H]2CC[C@@H](C1)N2. The molecule has 3 rings (SSSR count). The number of aliphatic hydroxyl groups is 1. The molecule has 2 aliphatic rings. The van der Waals surface area contributed by atoms with Gasteiger partial charge in [-0.15, -0.1) is 0 Å². The third-order valence-corrected chi connectivity index (χ3v) is 4.41. The van der Waals surface area contributed by atoms with Gasteiger partial charge in [0.25, 0.3) is 0 Å². The van der Waals surface area contributed by atoms with Gasteiger partial charge >= 0.3 is 0 Å². The van der Waals surface area contributed by atoms with Gasteiger partial charge in [0.05, 0.1) is 5.60 Å². The fraction of sp³-hybridized carbons (Fsp3) is 0.538. The Balaban J connectivity index is 1.90. The van der Waals surface area contributed by atoms with E-state index in [1.54, 1.807) is 0 Å². The molecule has 86 valence electrons. The molecule has 0 aromatic heterocycles. The molecular formula is C13H16BrNO. The van der Waals surface area contributed by atoms with Crippen molar-refractivity contribution >= 4 is 15.9 Å². The molecule has 2 fully saturated rings. The molecule has 0 saturated carbocycles. The molecule has 2 saturated heterocycles. The summed E-state index contributed by atoms with van der Waals surface area (Å²) in [5, 5.41) is 14.3. The Labute approximate surface area is 104 Å². The maximum atomic E-state index is 10.8. The van der Waals surface area contributed by atoms with Gasteiger partial charge in [-0.1, -0.05) is 28.1 Å². The second-order valence-electron chi connectivity index (χ2n) is 5.08. The number of fused-ring (bicyclic) bond motifs is 2. The molecule has 3 heteroatoms. The largest absolute Gasteiger partial charge is 0.385 e. The molecule has 2 heterocycles. The van der Waals surface area contributed by atoms with Gasteiger partial charge in [-0.25, -0.2) is 0 Å². The lowest BCUT2D eigenvalue weighted by Crippen LogP contribution is -2.46. The summed E-state index contributed by atoms with van der Waals surface area (Å²) in [5.74, 6) is 0. The van der Waals surface area contributed by atoms with Gasteiger partial charge in [0, 0.05) is 16.6 Å². The minimum atomic E-state index is -0.613. The van der Waals surface area contributed by atoms with E-state index in [4.69, 9.17) is 0 Å². The van der Waals surface area contributed by atoms with Gasteiger partial charge in [0.15, 0.2) is 0 Å². The molecule has 0 amide bonds. The van der Waals surface area contributed by atoms with E-state index in [0.29, 0.717) is 12.1 Å². The standard InChI is InChI=1S/C13H16BrNO/c14-10-3-1-9(2-4-10)13(16)7-11-5-6-12(8-13)15-11/h1-4,11-12,15-16H,5-8H2/t11-,12+,13?. The Bertz CT molecular complexity index is 377. The molecular weight excluding hydrogens is 266 g/mol. The average Bonchev–Trinajstić information content (AvgIpc) is 2.59. The number of halogens is 1. The van der Waals surface area contributed by atoms with Crippen molar-refractivity contribution in [3.05, 3.63) is 34.3 Å². The molecule has 2 N–H and O–H groups in total. The highest BCUT2D eigenvalue weighted by Gasteiger charge is 2.43. The summed E-state index contributed by atoms with van der Waals surface area (Å²) in [5.41, 5.74) is 0.451. The highest BCUT2D eigenvalue weighted by Crippen LogP contribution is 2.40. The summed E-state index contributed by atoms with van der Waals surface area (Å²) in [6.45, 7) is 0. The summed E-state index contributed by atoms with van der Waals surface area (Å²) in [6.07, 6.45) is 4.13. The molecule has 1 aromatic rings. The van der Waals surface area contributed by atoms with E-state index >= 15 is 0 Å². The minimum Gasteiger partial charge on any atom is -0.385 e. The maximum Gasteiger partial charge on any atom is 0.0926 e. The van der Waals surface area contributed by atoms with E-state index in [-0.39, 0.29) is 0 Å². The van der Waals surface area contributed by atoms with Crippen molar-refractivity contribution in [3.63, 3.8) is 0 Å². The van der Waals surface area contributed by atoms with Crippen molar-refractivity contribution in [1.29, 1.82) is 0 Å². The first-order valence-corrected chi connectivity index (χ1v) is 6.69. The maximum absolute atomic E-state index is 10.8. The summed E-state index contributed by atoms with van der Waals surface area (Å²) in [6, 6.07) is 9.11. The van der Waals surface area contributed by atoms with Gasteiger partial charge in [-0.05, 0) is 43.4 Å². The topological polar surface area (TPSA) is 32.3 Å². The van der Waals surface area contributed by atoms with Crippen LogP contribution in [0.4, 0.5) is 0 Å². The van der Waals surface area contributed by atoms with Crippen LogP contribution in [0.15, 0.2) is 28.7 Å². The van der Waals surface area contributed by atoms with E-state index in [0.717, 1.165) is 22.9 Å². The quantitative estimate of drug-likeness (QED) is 0.829. The van der Waals surface area contributed by atoms with E-state index in [1.807, 2.05) is 24.3 Å². The molecule has 2 aliphatic heterocycles. The summed E-state index contributed by atoms with van der Waals surface area (Å²) < 4.78 is 1.07. The third-order valence-electron chi connectivity index (χ3n) is 3.88. The number of rotatable bonds is 1. The highest BCUT2D eigenvalue weighted by atomic mass is 79.9. The van der Waals surface area contributed by atoms with Gasteiger partial charge in [-0.3, -0.25) is 0 Å². The summed E-state index contributed by atoms with van der Waals surface area (Å²) >= 11 is 3.43. The average molecular weight is 282 g/mol. The first kappa shape index (κ1) is 10.8. The summed E-state index contributed by atoms with van der Waals surface area (Å²) in [7, 11) is 0. The van der Waals surface area contributed by atoms with Crippen LogP contribution in [0.5, 0.6) is 0 Å². The fourth-order valence-electron chi connectivity index (χ4n) is 3.12. The van der Waals surface area contributed by atoms with Gasteiger partial charge in [-0.2, -0.15) is 0 Å². The number of benzene rings is 1. The molecule has 2 nitrogen and oxygen atoms in total. The molecule has 3 atom stereocenters. The van der Waals surface area contributed by atoms with Crippen LogP contribution < -0.4 is 5.32 Å². The summed E-state index contributed by atoms with van der Waals surface area (Å²) in [4.78, 5) is 0. The smallest absolute Gasteiger partial charge is 0.0926 e. The van der Waals surface area contributed by atoms with Crippen LogP contribution in [-0.4, -0.2) is 17.2 Å². The van der Waals surface area contributed by atoms with Crippen LogP contribution in [0.25, 0.3) is 0 Å². The van der Waals surface area contributed by atoms with Crippen molar-refractivity contribution in [2.75, 3.05) is 0 Å². The van der Waals surface area contributed by atoms with E-state index in [2.05, 4.69) is 21.2 Å². The van der Waals surface area contributed by atoms with Crippen molar-refractivity contribution < 1.29 is 5.11 Å². The lowest BCUT2D eigenvalue weighted by molar-refractivity contribution is -0.0114. The Hall–Kier alpha value is -0.380. The van der Waals surface area contributed by atoms with Crippen molar-refractivity contribution in [1.82, 2.24) is 5.32 Å². The Kier molecular flexibility index (Phi) is 2.57. The fourth-order valence-corrected chi connectivity index (χ4v) is 3.38. The lowest BCUT2D eigenvalue weighted by Gasteiger charge is -2.37. The van der Waals surface area contributed by atoms with E-state index in [9.17, 15) is 5.11 Å². The van der Waals surface area contributed by atoms with Gasteiger partial charge in [0.1, 0.15) is 0 Å².